The molecule has 3 aromatic heterocycles. The normalized spacial score (nSPS) is 17.1. The summed E-state index contributed by atoms with van der Waals surface area (Å²) in [6.07, 6.45) is 1.72. The summed E-state index contributed by atoms with van der Waals surface area (Å²) < 4.78 is 12.5. The molecule has 0 aliphatic carbocycles. The van der Waals surface area contributed by atoms with Crippen LogP contribution in [0.4, 0.5) is 0 Å². The van der Waals surface area contributed by atoms with Crippen LogP contribution < -0.4 is 5.76 Å². The molecule has 1 amide bonds. The Labute approximate surface area is 169 Å². The van der Waals surface area contributed by atoms with Crippen molar-refractivity contribution in [3.8, 4) is 10.8 Å². The van der Waals surface area contributed by atoms with Gasteiger partial charge in [-0.1, -0.05) is 18.2 Å². The van der Waals surface area contributed by atoms with E-state index >= 15 is 0 Å². The minimum absolute atomic E-state index is 0.00766. The standard InChI is InChI=1S/C20H18N4O4S/c25-17(12-24-14-6-1-2-7-15(14)27-20(24)26)23-9-3-5-13(11-23)18-21-22-19(28-18)16-8-4-10-29-16/h1-2,4,6-8,10,13H,3,5,9,11-12H2. The predicted molar refractivity (Wildman–Crippen MR) is 107 cm³/mol. The van der Waals surface area contributed by atoms with Crippen molar-refractivity contribution in [1.82, 2.24) is 19.7 Å². The highest BCUT2D eigenvalue weighted by molar-refractivity contribution is 7.13. The number of amides is 1. The number of carbonyl (C=O) groups is 1. The number of aromatic nitrogens is 3. The Morgan fingerprint density at radius 3 is 2.93 bits per heavy atom. The maximum atomic E-state index is 12.9. The molecule has 148 valence electrons. The number of hydrogen-bond acceptors (Lipinski definition) is 7. The molecule has 0 spiro atoms. The molecule has 0 saturated carbocycles. The summed E-state index contributed by atoms with van der Waals surface area (Å²) in [7, 11) is 0. The van der Waals surface area contributed by atoms with E-state index in [-0.39, 0.29) is 18.4 Å². The number of carbonyl (C=O) groups excluding carboxylic acids is 1. The van der Waals surface area contributed by atoms with E-state index in [4.69, 9.17) is 8.83 Å². The van der Waals surface area contributed by atoms with Gasteiger partial charge in [-0.2, -0.15) is 0 Å². The molecule has 1 saturated heterocycles. The van der Waals surface area contributed by atoms with Gasteiger partial charge >= 0.3 is 5.76 Å². The number of rotatable bonds is 4. The third-order valence-electron chi connectivity index (χ3n) is 5.16. The first kappa shape index (κ1) is 17.9. The lowest BCUT2D eigenvalue weighted by atomic mass is 9.98. The van der Waals surface area contributed by atoms with Gasteiger partial charge < -0.3 is 13.7 Å². The quantitative estimate of drug-likeness (QED) is 0.513. The smallest absolute Gasteiger partial charge is 0.420 e. The highest BCUT2D eigenvalue weighted by Crippen LogP contribution is 2.30. The van der Waals surface area contributed by atoms with Crippen molar-refractivity contribution < 1.29 is 13.6 Å². The van der Waals surface area contributed by atoms with Crippen molar-refractivity contribution in [2.75, 3.05) is 13.1 Å². The van der Waals surface area contributed by atoms with E-state index in [9.17, 15) is 9.59 Å². The van der Waals surface area contributed by atoms with Gasteiger partial charge in [-0.3, -0.25) is 9.36 Å². The van der Waals surface area contributed by atoms with Crippen molar-refractivity contribution >= 4 is 28.3 Å². The summed E-state index contributed by atoms with van der Waals surface area (Å²) in [5, 5.41) is 10.3. The zero-order valence-electron chi connectivity index (χ0n) is 15.5. The second kappa shape index (κ2) is 7.32. The number of nitrogens with zero attached hydrogens (tertiary/aromatic N) is 4. The molecule has 8 nitrogen and oxygen atoms in total. The van der Waals surface area contributed by atoms with Gasteiger partial charge in [0.1, 0.15) is 6.54 Å². The number of piperidine rings is 1. The second-order valence-corrected chi connectivity index (χ2v) is 7.97. The highest BCUT2D eigenvalue weighted by atomic mass is 32.1. The summed E-state index contributed by atoms with van der Waals surface area (Å²) in [5.74, 6) is 0.408. The lowest BCUT2D eigenvalue weighted by Gasteiger charge is -2.31. The van der Waals surface area contributed by atoms with E-state index in [0.717, 1.165) is 17.7 Å². The Morgan fingerprint density at radius 2 is 2.07 bits per heavy atom. The molecule has 9 heteroatoms. The summed E-state index contributed by atoms with van der Waals surface area (Å²) in [6, 6.07) is 11.0. The summed E-state index contributed by atoms with van der Waals surface area (Å²) in [5.41, 5.74) is 1.10. The molecular formula is C20H18N4O4S. The van der Waals surface area contributed by atoms with Crippen LogP contribution in [0.2, 0.25) is 0 Å². The lowest BCUT2D eigenvalue weighted by molar-refractivity contribution is -0.133. The molecule has 29 heavy (non-hydrogen) atoms. The van der Waals surface area contributed by atoms with E-state index < -0.39 is 5.76 Å². The molecule has 1 aromatic carbocycles. The van der Waals surface area contributed by atoms with Crippen LogP contribution in [0.15, 0.2) is 55.4 Å². The summed E-state index contributed by atoms with van der Waals surface area (Å²) in [6.45, 7) is 1.09. The third kappa shape index (κ3) is 3.38. The van der Waals surface area contributed by atoms with Gasteiger partial charge in [0.15, 0.2) is 5.58 Å². The number of fused-ring (bicyclic) bond motifs is 1. The van der Waals surface area contributed by atoms with Gasteiger partial charge in [-0.25, -0.2) is 4.79 Å². The Morgan fingerprint density at radius 1 is 1.17 bits per heavy atom. The summed E-state index contributed by atoms with van der Waals surface area (Å²) >= 11 is 1.54. The van der Waals surface area contributed by atoms with Crippen LogP contribution in [0.25, 0.3) is 21.9 Å². The Hall–Kier alpha value is -3.20. The van der Waals surface area contributed by atoms with Crippen LogP contribution in [0.5, 0.6) is 0 Å². The van der Waals surface area contributed by atoms with Gasteiger partial charge in [-0.05, 0) is 36.4 Å². The maximum absolute atomic E-state index is 12.9. The monoisotopic (exact) mass is 410 g/mol. The fraction of sp³-hybridized carbons (Fsp3) is 0.300. The number of likely N-dealkylation sites (tertiary alicyclic amines) is 1. The Kier molecular flexibility index (Phi) is 4.51. The molecule has 4 heterocycles. The van der Waals surface area contributed by atoms with E-state index in [1.54, 1.807) is 34.4 Å². The summed E-state index contributed by atoms with van der Waals surface area (Å²) in [4.78, 5) is 27.7. The van der Waals surface area contributed by atoms with Gasteiger partial charge in [0.05, 0.1) is 16.3 Å². The van der Waals surface area contributed by atoms with Gasteiger partial charge in [0.2, 0.25) is 11.8 Å². The molecule has 4 aromatic rings. The minimum atomic E-state index is -0.523. The van der Waals surface area contributed by atoms with E-state index in [2.05, 4.69) is 10.2 Å². The maximum Gasteiger partial charge on any atom is 0.420 e. The van der Waals surface area contributed by atoms with Crippen molar-refractivity contribution in [3.63, 3.8) is 0 Å². The minimum Gasteiger partial charge on any atom is -0.420 e. The van der Waals surface area contributed by atoms with Crippen LogP contribution in [0.3, 0.4) is 0 Å². The zero-order chi connectivity index (χ0) is 19.8. The van der Waals surface area contributed by atoms with Crippen LogP contribution in [0, 0.1) is 0 Å². The topological polar surface area (TPSA) is 94.4 Å². The van der Waals surface area contributed by atoms with E-state index in [1.807, 2.05) is 23.6 Å². The van der Waals surface area contributed by atoms with Crippen LogP contribution in [-0.4, -0.2) is 38.7 Å². The molecule has 1 aliphatic rings. The fourth-order valence-corrected chi connectivity index (χ4v) is 4.35. The average Bonchev–Trinajstić information content (AvgIpc) is 3.49. The lowest BCUT2D eigenvalue weighted by Crippen LogP contribution is -2.41. The first-order chi connectivity index (χ1) is 14.2. The molecule has 1 atom stereocenters. The second-order valence-electron chi connectivity index (χ2n) is 7.02. The first-order valence-electron chi connectivity index (χ1n) is 9.42. The van der Waals surface area contributed by atoms with Gasteiger partial charge in [0.25, 0.3) is 5.89 Å². The first-order valence-corrected chi connectivity index (χ1v) is 10.3. The van der Waals surface area contributed by atoms with Crippen LogP contribution >= 0.6 is 11.3 Å². The van der Waals surface area contributed by atoms with E-state index in [1.165, 1.54) is 4.57 Å². The molecule has 0 N–H and O–H groups in total. The molecule has 1 unspecified atom stereocenters. The highest BCUT2D eigenvalue weighted by Gasteiger charge is 2.29. The van der Waals surface area contributed by atoms with Crippen molar-refractivity contribution in [2.45, 2.75) is 25.3 Å². The number of thiophene rings is 1. The number of para-hydroxylation sites is 2. The molecule has 0 bridgehead atoms. The van der Waals surface area contributed by atoms with Crippen LogP contribution in [-0.2, 0) is 11.3 Å². The molecule has 1 aliphatic heterocycles. The zero-order valence-corrected chi connectivity index (χ0v) is 16.3. The number of benzene rings is 1. The average molecular weight is 410 g/mol. The Bertz CT molecular complexity index is 1210. The third-order valence-corrected chi connectivity index (χ3v) is 6.02. The van der Waals surface area contributed by atoms with Crippen LogP contribution in [0.1, 0.15) is 24.7 Å². The predicted octanol–water partition coefficient (Wildman–Crippen LogP) is 3.11. The van der Waals surface area contributed by atoms with Crippen molar-refractivity contribution in [1.29, 1.82) is 0 Å². The Balaban J connectivity index is 1.32. The van der Waals surface area contributed by atoms with Crippen molar-refractivity contribution in [3.05, 3.63) is 58.2 Å². The largest absolute Gasteiger partial charge is 0.420 e. The van der Waals surface area contributed by atoms with Gasteiger partial charge in [-0.15, -0.1) is 21.5 Å². The van der Waals surface area contributed by atoms with Crippen molar-refractivity contribution in [2.24, 2.45) is 0 Å². The van der Waals surface area contributed by atoms with Gasteiger partial charge in [0, 0.05) is 13.1 Å². The fourth-order valence-electron chi connectivity index (χ4n) is 3.70. The SMILES string of the molecule is O=C(Cn1c(=O)oc2ccccc21)N1CCCC(c2nnc(-c3cccs3)o2)C1. The molecule has 0 radical (unpaired) electrons. The molecule has 1 fully saturated rings. The molecule has 5 rings (SSSR count). The number of oxazole rings is 1. The molecular weight excluding hydrogens is 392 g/mol. The number of hydrogen-bond donors (Lipinski definition) is 0. The van der Waals surface area contributed by atoms with E-state index in [0.29, 0.717) is 36.0 Å².